The van der Waals surface area contributed by atoms with Crippen LogP contribution in [-0.4, -0.2) is 28.4 Å². The second-order valence-corrected chi connectivity index (χ2v) is 4.77. The van der Waals surface area contributed by atoms with Gasteiger partial charge >= 0.3 is 0 Å². The van der Waals surface area contributed by atoms with E-state index in [4.69, 9.17) is 0 Å². The van der Waals surface area contributed by atoms with Crippen molar-refractivity contribution in [2.45, 2.75) is 25.8 Å². The highest BCUT2D eigenvalue weighted by molar-refractivity contribution is 5.98. The molecular formula is C14H16N2O. The Morgan fingerprint density at radius 2 is 2.29 bits per heavy atom. The first-order valence-electron chi connectivity index (χ1n) is 6.14. The molecule has 17 heavy (non-hydrogen) atoms. The number of amides is 1. The first-order valence-corrected chi connectivity index (χ1v) is 6.14. The maximum atomic E-state index is 12.3. The summed E-state index contributed by atoms with van der Waals surface area (Å²) in [5.74, 6) is 0.159. The largest absolute Gasteiger partial charge is 0.361 e. The van der Waals surface area contributed by atoms with Crippen LogP contribution in [-0.2, 0) is 0 Å². The van der Waals surface area contributed by atoms with Gasteiger partial charge in [-0.1, -0.05) is 6.07 Å². The van der Waals surface area contributed by atoms with E-state index < -0.39 is 0 Å². The van der Waals surface area contributed by atoms with Gasteiger partial charge < -0.3 is 9.88 Å². The summed E-state index contributed by atoms with van der Waals surface area (Å²) in [4.78, 5) is 17.5. The van der Waals surface area contributed by atoms with Crippen LogP contribution in [0.1, 0.15) is 30.1 Å². The fourth-order valence-corrected chi connectivity index (χ4v) is 2.58. The van der Waals surface area contributed by atoms with Gasteiger partial charge in [-0.05, 0) is 43.4 Å². The van der Waals surface area contributed by atoms with Crippen LogP contribution in [0.3, 0.4) is 0 Å². The molecule has 1 fully saturated rings. The van der Waals surface area contributed by atoms with Crippen LogP contribution >= 0.6 is 0 Å². The Morgan fingerprint density at radius 1 is 1.41 bits per heavy atom. The fraction of sp³-hybridized carbons (Fsp3) is 0.357. The molecule has 0 bridgehead atoms. The summed E-state index contributed by atoms with van der Waals surface area (Å²) in [5.41, 5.74) is 1.82. The second-order valence-electron chi connectivity index (χ2n) is 4.77. The lowest BCUT2D eigenvalue weighted by atomic mass is 10.1. The van der Waals surface area contributed by atoms with Crippen LogP contribution in [0, 0.1) is 0 Å². The minimum atomic E-state index is 0.159. The van der Waals surface area contributed by atoms with Crippen molar-refractivity contribution in [3.63, 3.8) is 0 Å². The second kappa shape index (κ2) is 3.91. The van der Waals surface area contributed by atoms with Gasteiger partial charge in [-0.15, -0.1) is 0 Å². The Kier molecular flexibility index (Phi) is 2.39. The third-order valence-electron chi connectivity index (χ3n) is 3.62. The Balaban J connectivity index is 1.94. The number of carbonyl (C=O) groups excluding carboxylic acids is 1. The standard InChI is InChI=1S/C14H16N2O/c1-10-3-2-8-16(10)14(17)12-5-4-11-6-7-15-13(11)9-12/h4-7,9-10,15H,2-3,8H2,1H3. The summed E-state index contributed by atoms with van der Waals surface area (Å²) >= 11 is 0. The molecule has 0 aliphatic carbocycles. The lowest BCUT2D eigenvalue weighted by molar-refractivity contribution is 0.0747. The number of rotatable bonds is 1. The molecule has 3 nitrogen and oxygen atoms in total. The van der Waals surface area contributed by atoms with E-state index in [-0.39, 0.29) is 5.91 Å². The molecule has 0 saturated carbocycles. The maximum absolute atomic E-state index is 12.3. The molecule has 1 N–H and O–H groups in total. The van der Waals surface area contributed by atoms with E-state index in [1.165, 1.54) is 0 Å². The van der Waals surface area contributed by atoms with Crippen LogP contribution in [0.15, 0.2) is 30.5 Å². The number of nitrogens with zero attached hydrogens (tertiary/aromatic N) is 1. The summed E-state index contributed by atoms with van der Waals surface area (Å²) in [5, 5.41) is 1.15. The summed E-state index contributed by atoms with van der Waals surface area (Å²) in [6.07, 6.45) is 4.14. The van der Waals surface area contributed by atoms with Gasteiger partial charge in [0.15, 0.2) is 0 Å². The Labute approximate surface area is 100 Å². The molecule has 1 aromatic heterocycles. The van der Waals surface area contributed by atoms with Crippen molar-refractivity contribution in [2.24, 2.45) is 0 Å². The van der Waals surface area contributed by atoms with Crippen molar-refractivity contribution in [2.75, 3.05) is 6.54 Å². The van der Waals surface area contributed by atoms with Gasteiger partial charge in [0.2, 0.25) is 0 Å². The normalized spacial score (nSPS) is 20.1. The zero-order valence-electron chi connectivity index (χ0n) is 9.94. The molecule has 88 valence electrons. The highest BCUT2D eigenvalue weighted by atomic mass is 16.2. The van der Waals surface area contributed by atoms with E-state index in [0.717, 1.165) is 35.9 Å². The van der Waals surface area contributed by atoms with Gasteiger partial charge in [0.05, 0.1) is 0 Å². The summed E-state index contributed by atoms with van der Waals surface area (Å²) < 4.78 is 0. The Hall–Kier alpha value is -1.77. The molecule has 0 spiro atoms. The zero-order valence-corrected chi connectivity index (χ0v) is 9.94. The predicted octanol–water partition coefficient (Wildman–Crippen LogP) is 2.79. The van der Waals surface area contributed by atoms with E-state index >= 15 is 0 Å². The van der Waals surface area contributed by atoms with E-state index in [9.17, 15) is 4.79 Å². The van der Waals surface area contributed by atoms with Gasteiger partial charge in [-0.3, -0.25) is 4.79 Å². The Morgan fingerprint density at radius 3 is 3.06 bits per heavy atom. The predicted molar refractivity (Wildman–Crippen MR) is 68.0 cm³/mol. The fourth-order valence-electron chi connectivity index (χ4n) is 2.58. The molecule has 1 aliphatic rings. The number of fused-ring (bicyclic) bond motifs is 1. The SMILES string of the molecule is CC1CCCN1C(=O)c1ccc2cc[nH]c2c1. The molecule has 2 aromatic rings. The minimum Gasteiger partial charge on any atom is -0.361 e. The number of aromatic nitrogens is 1. The van der Waals surface area contributed by atoms with Crippen molar-refractivity contribution >= 4 is 16.8 Å². The minimum absolute atomic E-state index is 0.159. The number of benzene rings is 1. The molecule has 1 aliphatic heterocycles. The summed E-state index contributed by atoms with van der Waals surface area (Å²) in [6.45, 7) is 3.01. The highest BCUT2D eigenvalue weighted by Crippen LogP contribution is 2.21. The van der Waals surface area contributed by atoms with Gasteiger partial charge in [0.1, 0.15) is 0 Å². The lowest BCUT2D eigenvalue weighted by Gasteiger charge is -2.21. The molecule has 1 aromatic carbocycles. The quantitative estimate of drug-likeness (QED) is 0.800. The number of aromatic amines is 1. The smallest absolute Gasteiger partial charge is 0.254 e. The van der Waals surface area contributed by atoms with Crippen LogP contribution in [0.4, 0.5) is 0 Å². The number of hydrogen-bond donors (Lipinski definition) is 1. The third-order valence-corrected chi connectivity index (χ3v) is 3.62. The molecular weight excluding hydrogens is 212 g/mol. The van der Waals surface area contributed by atoms with Crippen LogP contribution in [0.2, 0.25) is 0 Å². The summed E-state index contributed by atoms with van der Waals surface area (Å²) in [7, 11) is 0. The zero-order chi connectivity index (χ0) is 11.8. The van der Waals surface area contributed by atoms with Gasteiger partial charge in [-0.2, -0.15) is 0 Å². The number of H-pyrrole nitrogens is 1. The molecule has 1 atom stereocenters. The molecule has 1 amide bonds. The molecule has 3 heteroatoms. The van der Waals surface area contributed by atoms with Crippen molar-refractivity contribution < 1.29 is 4.79 Å². The van der Waals surface area contributed by atoms with Crippen molar-refractivity contribution in [1.82, 2.24) is 9.88 Å². The number of nitrogens with one attached hydrogen (secondary N) is 1. The van der Waals surface area contributed by atoms with Crippen LogP contribution in [0.25, 0.3) is 10.9 Å². The number of likely N-dealkylation sites (tertiary alicyclic amines) is 1. The average Bonchev–Trinajstić information content (AvgIpc) is 2.95. The Bertz CT molecular complexity index is 558. The van der Waals surface area contributed by atoms with E-state index in [2.05, 4.69) is 11.9 Å². The number of hydrogen-bond acceptors (Lipinski definition) is 1. The van der Waals surface area contributed by atoms with Crippen LogP contribution < -0.4 is 0 Å². The van der Waals surface area contributed by atoms with E-state index in [0.29, 0.717) is 6.04 Å². The molecule has 0 radical (unpaired) electrons. The first-order chi connectivity index (χ1) is 8.25. The monoisotopic (exact) mass is 228 g/mol. The third kappa shape index (κ3) is 1.71. The molecule has 3 rings (SSSR count). The van der Waals surface area contributed by atoms with Gasteiger partial charge in [-0.25, -0.2) is 0 Å². The lowest BCUT2D eigenvalue weighted by Crippen LogP contribution is -2.33. The topological polar surface area (TPSA) is 36.1 Å². The first kappa shape index (κ1) is 10.4. The van der Waals surface area contributed by atoms with Crippen molar-refractivity contribution in [1.29, 1.82) is 0 Å². The van der Waals surface area contributed by atoms with Gasteiger partial charge in [0.25, 0.3) is 5.91 Å². The summed E-state index contributed by atoms with van der Waals surface area (Å²) in [6, 6.07) is 8.26. The average molecular weight is 228 g/mol. The van der Waals surface area contributed by atoms with Crippen molar-refractivity contribution in [3.8, 4) is 0 Å². The molecule has 1 saturated heterocycles. The van der Waals surface area contributed by atoms with Gasteiger partial charge in [0, 0.05) is 29.9 Å². The highest BCUT2D eigenvalue weighted by Gasteiger charge is 2.25. The molecule has 2 heterocycles. The number of carbonyl (C=O) groups is 1. The maximum Gasteiger partial charge on any atom is 0.254 e. The molecule has 1 unspecified atom stereocenters. The van der Waals surface area contributed by atoms with Crippen LogP contribution in [0.5, 0.6) is 0 Å². The van der Waals surface area contributed by atoms with E-state index in [1.54, 1.807) is 0 Å². The van der Waals surface area contributed by atoms with Crippen molar-refractivity contribution in [3.05, 3.63) is 36.0 Å². The van der Waals surface area contributed by atoms with E-state index in [1.807, 2.05) is 35.4 Å².